The van der Waals surface area contributed by atoms with Crippen molar-refractivity contribution >= 4 is 50.7 Å². The number of aromatic nitrogens is 1. The second-order valence-corrected chi connectivity index (χ2v) is 7.91. The van der Waals surface area contributed by atoms with Crippen LogP contribution in [0.1, 0.15) is 29.7 Å². The van der Waals surface area contributed by atoms with Gasteiger partial charge in [0.25, 0.3) is 0 Å². The third-order valence-corrected chi connectivity index (χ3v) is 5.47. The Labute approximate surface area is 161 Å². The topological polar surface area (TPSA) is 54.0 Å². The van der Waals surface area contributed by atoms with Crippen molar-refractivity contribution in [1.82, 2.24) is 10.3 Å². The van der Waals surface area contributed by atoms with E-state index in [-0.39, 0.29) is 18.3 Å². The minimum absolute atomic E-state index is 0. The van der Waals surface area contributed by atoms with Crippen molar-refractivity contribution in [3.63, 3.8) is 0 Å². The van der Waals surface area contributed by atoms with E-state index in [4.69, 9.17) is 0 Å². The monoisotopic (exact) mass is 429 g/mol. The summed E-state index contributed by atoms with van der Waals surface area (Å²) in [6.45, 7) is 2.13. The fourth-order valence-electron chi connectivity index (χ4n) is 2.73. The Morgan fingerprint density at radius 2 is 2.17 bits per heavy atom. The van der Waals surface area contributed by atoms with Gasteiger partial charge in [-0.15, -0.1) is 23.7 Å². The van der Waals surface area contributed by atoms with Gasteiger partial charge >= 0.3 is 0 Å². The van der Waals surface area contributed by atoms with Crippen LogP contribution >= 0.6 is 39.7 Å². The Bertz CT molecular complexity index is 656. The lowest BCUT2D eigenvalue weighted by Gasteiger charge is -2.06. The zero-order chi connectivity index (χ0) is 16.1. The first-order chi connectivity index (χ1) is 11.2. The zero-order valence-electron chi connectivity index (χ0n) is 13.3. The summed E-state index contributed by atoms with van der Waals surface area (Å²) >= 11 is 4.99. The minimum Gasteiger partial charge on any atom is -0.316 e. The smallest absolute Gasteiger partial charge is 0.226 e. The lowest BCUT2D eigenvalue weighted by molar-refractivity contribution is -0.116. The average molecular weight is 431 g/mol. The van der Waals surface area contributed by atoms with Crippen molar-refractivity contribution in [2.75, 3.05) is 18.4 Å². The molecule has 4 nitrogen and oxygen atoms in total. The SMILES string of the molecule is Cl.O=C(CCC1CCNC1)Nc1ncc(Cc2ccc(Br)cc2)s1. The molecule has 0 saturated carbocycles. The summed E-state index contributed by atoms with van der Waals surface area (Å²) in [7, 11) is 0. The third kappa shape index (κ3) is 5.84. The number of thiazole rings is 1. The fourth-order valence-corrected chi connectivity index (χ4v) is 3.86. The molecule has 1 unspecified atom stereocenters. The first-order valence-corrected chi connectivity index (χ1v) is 9.50. The third-order valence-electron chi connectivity index (χ3n) is 4.03. The summed E-state index contributed by atoms with van der Waals surface area (Å²) < 4.78 is 1.08. The van der Waals surface area contributed by atoms with Gasteiger partial charge in [0.15, 0.2) is 5.13 Å². The Morgan fingerprint density at radius 3 is 2.88 bits per heavy atom. The molecule has 1 aliphatic rings. The van der Waals surface area contributed by atoms with E-state index in [1.807, 2.05) is 18.3 Å². The highest BCUT2D eigenvalue weighted by molar-refractivity contribution is 9.10. The molecular formula is C17H21BrClN3OS. The van der Waals surface area contributed by atoms with Crippen LogP contribution in [0.2, 0.25) is 0 Å². The molecule has 2 N–H and O–H groups in total. The molecule has 1 saturated heterocycles. The van der Waals surface area contributed by atoms with Crippen LogP contribution < -0.4 is 10.6 Å². The van der Waals surface area contributed by atoms with Gasteiger partial charge in [-0.3, -0.25) is 4.79 Å². The number of hydrogen-bond acceptors (Lipinski definition) is 4. The molecule has 1 aromatic heterocycles. The molecule has 0 radical (unpaired) electrons. The Morgan fingerprint density at radius 1 is 1.38 bits per heavy atom. The van der Waals surface area contributed by atoms with E-state index in [2.05, 4.69) is 43.7 Å². The second kappa shape index (κ2) is 9.51. The molecule has 1 fully saturated rings. The Kier molecular flexibility index (Phi) is 7.68. The Hall–Kier alpha value is -0.950. The van der Waals surface area contributed by atoms with Gasteiger partial charge < -0.3 is 10.6 Å². The first-order valence-electron chi connectivity index (χ1n) is 7.89. The number of nitrogens with one attached hydrogen (secondary N) is 2. The van der Waals surface area contributed by atoms with Crippen molar-refractivity contribution in [3.05, 3.63) is 45.4 Å². The molecule has 0 aliphatic carbocycles. The number of benzene rings is 1. The van der Waals surface area contributed by atoms with Crippen LogP contribution in [0, 0.1) is 5.92 Å². The van der Waals surface area contributed by atoms with Crippen LogP contribution in [0.4, 0.5) is 5.13 Å². The van der Waals surface area contributed by atoms with Crippen LogP contribution in [0.15, 0.2) is 34.9 Å². The molecule has 1 atom stereocenters. The number of amides is 1. The van der Waals surface area contributed by atoms with E-state index in [1.165, 1.54) is 12.0 Å². The van der Waals surface area contributed by atoms with Crippen LogP contribution in [0.3, 0.4) is 0 Å². The predicted octanol–water partition coefficient (Wildman–Crippen LogP) is 4.25. The maximum absolute atomic E-state index is 12.0. The molecule has 3 rings (SSSR count). The lowest BCUT2D eigenvalue weighted by atomic mass is 10.0. The van der Waals surface area contributed by atoms with Crippen molar-refractivity contribution < 1.29 is 4.79 Å². The van der Waals surface area contributed by atoms with Gasteiger partial charge in [0.05, 0.1) is 0 Å². The predicted molar refractivity (Wildman–Crippen MR) is 105 cm³/mol. The van der Waals surface area contributed by atoms with Gasteiger partial charge in [0, 0.05) is 28.4 Å². The molecule has 24 heavy (non-hydrogen) atoms. The fraction of sp³-hybridized carbons (Fsp3) is 0.412. The molecule has 1 aliphatic heterocycles. The molecular weight excluding hydrogens is 410 g/mol. The van der Waals surface area contributed by atoms with Crippen LogP contribution in [0.5, 0.6) is 0 Å². The lowest BCUT2D eigenvalue weighted by Crippen LogP contribution is -2.14. The summed E-state index contributed by atoms with van der Waals surface area (Å²) in [5.74, 6) is 0.714. The quantitative estimate of drug-likeness (QED) is 0.720. The average Bonchev–Trinajstić information content (AvgIpc) is 3.20. The summed E-state index contributed by atoms with van der Waals surface area (Å²) in [6, 6.07) is 8.27. The number of carbonyl (C=O) groups is 1. The van der Waals surface area contributed by atoms with E-state index in [0.717, 1.165) is 35.3 Å². The van der Waals surface area contributed by atoms with Crippen LogP contribution in [0.25, 0.3) is 0 Å². The van der Waals surface area contributed by atoms with E-state index in [9.17, 15) is 4.79 Å². The standard InChI is InChI=1S/C17H20BrN3OS.ClH/c18-14-4-1-12(2-5-14)9-15-11-20-17(23-15)21-16(22)6-3-13-7-8-19-10-13;/h1-2,4-5,11,13,19H,3,6-10H2,(H,20,21,22);1H. The molecule has 7 heteroatoms. The van der Waals surface area contributed by atoms with E-state index in [1.54, 1.807) is 11.3 Å². The summed E-state index contributed by atoms with van der Waals surface area (Å²) in [5.41, 5.74) is 1.24. The summed E-state index contributed by atoms with van der Waals surface area (Å²) in [5, 5.41) is 6.95. The van der Waals surface area contributed by atoms with Crippen molar-refractivity contribution in [2.24, 2.45) is 5.92 Å². The highest BCUT2D eigenvalue weighted by Gasteiger charge is 2.16. The molecule has 1 amide bonds. The van der Waals surface area contributed by atoms with Gasteiger partial charge in [-0.25, -0.2) is 4.98 Å². The van der Waals surface area contributed by atoms with E-state index >= 15 is 0 Å². The first kappa shape index (κ1) is 19.4. The molecule has 0 spiro atoms. The maximum atomic E-state index is 12.0. The minimum atomic E-state index is 0. The molecule has 2 heterocycles. The van der Waals surface area contributed by atoms with Gasteiger partial charge in [-0.05, 0) is 49.5 Å². The molecule has 2 aromatic rings. The van der Waals surface area contributed by atoms with Crippen molar-refractivity contribution in [3.8, 4) is 0 Å². The number of carbonyl (C=O) groups excluding carboxylic acids is 1. The van der Waals surface area contributed by atoms with Gasteiger partial charge in [-0.2, -0.15) is 0 Å². The molecule has 1 aromatic carbocycles. The number of anilines is 1. The second-order valence-electron chi connectivity index (χ2n) is 5.88. The maximum Gasteiger partial charge on any atom is 0.226 e. The van der Waals surface area contributed by atoms with Crippen molar-refractivity contribution in [1.29, 1.82) is 0 Å². The summed E-state index contributed by atoms with van der Waals surface area (Å²) in [4.78, 5) is 17.5. The van der Waals surface area contributed by atoms with Gasteiger partial charge in [0.1, 0.15) is 0 Å². The van der Waals surface area contributed by atoms with Crippen molar-refractivity contribution in [2.45, 2.75) is 25.7 Å². The number of hydrogen-bond donors (Lipinski definition) is 2. The number of rotatable bonds is 6. The normalized spacial score (nSPS) is 16.6. The zero-order valence-corrected chi connectivity index (χ0v) is 16.5. The number of halogens is 2. The van der Waals surface area contributed by atoms with Crippen LogP contribution in [-0.2, 0) is 11.2 Å². The van der Waals surface area contributed by atoms with E-state index in [0.29, 0.717) is 17.5 Å². The van der Waals surface area contributed by atoms with Gasteiger partial charge in [-0.1, -0.05) is 28.1 Å². The van der Waals surface area contributed by atoms with Gasteiger partial charge in [0.2, 0.25) is 5.91 Å². The Balaban J connectivity index is 0.00000208. The largest absolute Gasteiger partial charge is 0.316 e. The van der Waals surface area contributed by atoms with E-state index < -0.39 is 0 Å². The van der Waals surface area contributed by atoms with Crippen LogP contribution in [-0.4, -0.2) is 24.0 Å². The highest BCUT2D eigenvalue weighted by atomic mass is 79.9. The number of nitrogens with zero attached hydrogens (tertiary/aromatic N) is 1. The molecule has 0 bridgehead atoms. The molecule has 130 valence electrons. The highest BCUT2D eigenvalue weighted by Crippen LogP contribution is 2.23. The summed E-state index contributed by atoms with van der Waals surface area (Å²) in [6.07, 6.45) is 5.41.